The predicted molar refractivity (Wildman–Crippen MR) is 75.8 cm³/mol. The van der Waals surface area contributed by atoms with Crippen LogP contribution in [-0.2, 0) is 14.3 Å². The van der Waals surface area contributed by atoms with Gasteiger partial charge in [-0.25, -0.2) is 0 Å². The van der Waals surface area contributed by atoms with E-state index >= 15 is 0 Å². The average molecular weight is 272 g/mol. The third-order valence-electron chi connectivity index (χ3n) is 2.99. The Hall–Kier alpha value is -1.10. The highest BCUT2D eigenvalue weighted by Gasteiger charge is 2.22. The van der Waals surface area contributed by atoms with Crippen molar-refractivity contribution in [3.63, 3.8) is 0 Å². The molecule has 0 aliphatic rings. The zero-order valence-electron chi connectivity index (χ0n) is 12.9. The minimum absolute atomic E-state index is 0.0354. The van der Waals surface area contributed by atoms with Crippen LogP contribution in [0, 0.1) is 5.92 Å². The maximum absolute atomic E-state index is 12.0. The molecule has 0 aromatic carbocycles. The molecule has 0 aliphatic carbocycles. The molecule has 1 unspecified atom stereocenters. The van der Waals surface area contributed by atoms with Gasteiger partial charge in [0.1, 0.15) is 0 Å². The number of nitrogens with one attached hydrogen (secondary N) is 1. The number of amides is 1. The molecule has 19 heavy (non-hydrogen) atoms. The molecule has 1 N–H and O–H groups in total. The van der Waals surface area contributed by atoms with Crippen LogP contribution in [0.2, 0.25) is 0 Å². The van der Waals surface area contributed by atoms with Crippen LogP contribution in [0.3, 0.4) is 0 Å². The summed E-state index contributed by atoms with van der Waals surface area (Å²) in [6.07, 6.45) is 0.961. The molecule has 1 atom stereocenters. The first-order valence-electron chi connectivity index (χ1n) is 7.09. The van der Waals surface area contributed by atoms with E-state index in [0.717, 1.165) is 6.42 Å². The third kappa shape index (κ3) is 7.82. The number of hydrogen-bond acceptors (Lipinski definition) is 4. The number of carbonyl (C=O) groups is 2. The second-order valence-corrected chi connectivity index (χ2v) is 5.02. The van der Waals surface area contributed by atoms with Crippen molar-refractivity contribution in [2.75, 3.05) is 26.2 Å². The van der Waals surface area contributed by atoms with E-state index in [1.165, 1.54) is 0 Å². The third-order valence-corrected chi connectivity index (χ3v) is 2.99. The summed E-state index contributed by atoms with van der Waals surface area (Å²) in [5.74, 6) is 0.246. The minimum atomic E-state index is -0.318. The predicted octanol–water partition coefficient (Wildman–Crippen LogP) is 1.42. The van der Waals surface area contributed by atoms with E-state index in [1.54, 1.807) is 6.92 Å². The molecule has 0 rings (SSSR count). The van der Waals surface area contributed by atoms with Gasteiger partial charge in [-0.2, -0.15) is 0 Å². The summed E-state index contributed by atoms with van der Waals surface area (Å²) in [7, 11) is 0. The zero-order valence-corrected chi connectivity index (χ0v) is 12.9. The summed E-state index contributed by atoms with van der Waals surface area (Å²) in [5.41, 5.74) is 0. The van der Waals surface area contributed by atoms with Crippen molar-refractivity contribution < 1.29 is 14.3 Å². The van der Waals surface area contributed by atoms with Crippen LogP contribution in [0.15, 0.2) is 0 Å². The molecule has 0 bridgehead atoms. The monoisotopic (exact) mass is 272 g/mol. The van der Waals surface area contributed by atoms with E-state index < -0.39 is 0 Å². The molecule has 0 spiro atoms. The van der Waals surface area contributed by atoms with Crippen LogP contribution < -0.4 is 5.32 Å². The van der Waals surface area contributed by atoms with Gasteiger partial charge in [0.25, 0.3) is 0 Å². The summed E-state index contributed by atoms with van der Waals surface area (Å²) in [6, 6.07) is -0.318. The normalized spacial score (nSPS) is 12.6. The van der Waals surface area contributed by atoms with Crippen molar-refractivity contribution in [3.05, 3.63) is 0 Å². The molecule has 0 aromatic rings. The quantitative estimate of drug-likeness (QED) is 0.645. The first-order chi connectivity index (χ1) is 8.92. The van der Waals surface area contributed by atoms with Gasteiger partial charge in [-0.3, -0.25) is 14.5 Å². The van der Waals surface area contributed by atoms with Crippen molar-refractivity contribution in [3.8, 4) is 0 Å². The lowest BCUT2D eigenvalue weighted by atomic mass is 10.1. The number of nitrogens with zero attached hydrogens (tertiary/aromatic N) is 1. The van der Waals surface area contributed by atoms with Gasteiger partial charge in [-0.05, 0) is 32.7 Å². The number of esters is 1. The molecule has 0 aliphatic heterocycles. The number of rotatable bonds is 9. The number of carbonyl (C=O) groups excluding carboxylic acids is 2. The van der Waals surface area contributed by atoms with Crippen molar-refractivity contribution in [2.45, 2.75) is 47.1 Å². The molecule has 0 heterocycles. The number of hydrogen-bond donors (Lipinski definition) is 1. The highest BCUT2D eigenvalue weighted by atomic mass is 16.5. The van der Waals surface area contributed by atoms with Crippen LogP contribution in [0.4, 0.5) is 0 Å². The van der Waals surface area contributed by atoms with Crippen molar-refractivity contribution in [1.82, 2.24) is 10.2 Å². The second-order valence-electron chi connectivity index (χ2n) is 5.02. The van der Waals surface area contributed by atoms with Crippen LogP contribution in [0.25, 0.3) is 0 Å². The first kappa shape index (κ1) is 17.9. The summed E-state index contributed by atoms with van der Waals surface area (Å²) in [6.45, 7) is 11.6. The molecule has 0 fully saturated rings. The highest BCUT2D eigenvalue weighted by Crippen LogP contribution is 2.01. The van der Waals surface area contributed by atoms with E-state index in [-0.39, 0.29) is 24.5 Å². The van der Waals surface area contributed by atoms with Crippen LogP contribution in [0.1, 0.15) is 41.0 Å². The van der Waals surface area contributed by atoms with E-state index in [9.17, 15) is 9.59 Å². The molecule has 0 saturated carbocycles. The summed E-state index contributed by atoms with van der Waals surface area (Å²) >= 11 is 0. The van der Waals surface area contributed by atoms with Crippen LogP contribution in [0.5, 0.6) is 0 Å². The highest BCUT2D eigenvalue weighted by molar-refractivity contribution is 5.82. The topological polar surface area (TPSA) is 58.6 Å². The van der Waals surface area contributed by atoms with Gasteiger partial charge < -0.3 is 10.1 Å². The van der Waals surface area contributed by atoms with E-state index in [2.05, 4.69) is 19.2 Å². The zero-order chi connectivity index (χ0) is 14.8. The van der Waals surface area contributed by atoms with Gasteiger partial charge in [0, 0.05) is 6.54 Å². The van der Waals surface area contributed by atoms with Gasteiger partial charge in [-0.1, -0.05) is 20.8 Å². The largest absolute Gasteiger partial charge is 0.465 e. The van der Waals surface area contributed by atoms with Gasteiger partial charge in [0.05, 0.1) is 19.2 Å². The maximum Gasteiger partial charge on any atom is 0.320 e. The van der Waals surface area contributed by atoms with E-state index in [0.29, 0.717) is 25.6 Å². The van der Waals surface area contributed by atoms with Gasteiger partial charge in [0.2, 0.25) is 5.91 Å². The molecule has 0 aromatic heterocycles. The van der Waals surface area contributed by atoms with E-state index in [4.69, 9.17) is 4.74 Å². The lowest BCUT2D eigenvalue weighted by Gasteiger charge is -2.25. The lowest BCUT2D eigenvalue weighted by Crippen LogP contribution is -2.47. The fraction of sp³-hybridized carbons (Fsp3) is 0.857. The smallest absolute Gasteiger partial charge is 0.320 e. The van der Waals surface area contributed by atoms with Crippen molar-refractivity contribution in [2.24, 2.45) is 5.92 Å². The Morgan fingerprint density at radius 3 is 2.32 bits per heavy atom. The summed E-state index contributed by atoms with van der Waals surface area (Å²) in [5, 5.41) is 2.90. The Morgan fingerprint density at radius 2 is 1.84 bits per heavy atom. The van der Waals surface area contributed by atoms with Crippen molar-refractivity contribution >= 4 is 11.9 Å². The fourth-order valence-corrected chi connectivity index (χ4v) is 1.69. The molecule has 0 saturated heterocycles. The Bertz CT molecular complexity index is 280. The Morgan fingerprint density at radius 1 is 1.21 bits per heavy atom. The van der Waals surface area contributed by atoms with Gasteiger partial charge >= 0.3 is 5.97 Å². The minimum Gasteiger partial charge on any atom is -0.465 e. The number of ether oxygens (including phenoxy) is 1. The first-order valence-corrected chi connectivity index (χ1v) is 7.09. The maximum atomic E-state index is 12.0. The molecule has 112 valence electrons. The Labute approximate surface area is 116 Å². The molecular weight excluding hydrogens is 244 g/mol. The summed E-state index contributed by atoms with van der Waals surface area (Å²) < 4.78 is 4.90. The van der Waals surface area contributed by atoms with E-state index in [1.807, 2.05) is 18.7 Å². The van der Waals surface area contributed by atoms with Gasteiger partial charge in [-0.15, -0.1) is 0 Å². The Balaban J connectivity index is 4.21. The van der Waals surface area contributed by atoms with Crippen LogP contribution >= 0.6 is 0 Å². The molecular formula is C14H28N2O3. The average Bonchev–Trinajstić information content (AvgIpc) is 2.34. The second kappa shape index (κ2) is 9.78. The number of likely N-dealkylation sites (N-methyl/N-ethyl adjacent to an activating group) is 1. The molecule has 5 heteroatoms. The molecule has 0 radical (unpaired) electrons. The SMILES string of the molecule is CCOC(=O)CN(CC)C(C)C(=O)NCCC(C)C. The lowest BCUT2D eigenvalue weighted by molar-refractivity contribution is -0.145. The molecule has 1 amide bonds. The fourth-order valence-electron chi connectivity index (χ4n) is 1.69. The molecule has 5 nitrogen and oxygen atoms in total. The van der Waals surface area contributed by atoms with Crippen molar-refractivity contribution in [1.29, 1.82) is 0 Å². The Kier molecular flexibility index (Phi) is 9.21. The van der Waals surface area contributed by atoms with Crippen LogP contribution in [-0.4, -0.2) is 49.1 Å². The van der Waals surface area contributed by atoms with Gasteiger partial charge in [0.15, 0.2) is 0 Å². The standard InChI is InChI=1S/C14H28N2O3/c1-6-16(10-13(17)19-7-2)12(5)14(18)15-9-8-11(3)4/h11-12H,6-10H2,1-5H3,(H,15,18). The summed E-state index contributed by atoms with van der Waals surface area (Å²) in [4.78, 5) is 25.2.